The zero-order valence-electron chi connectivity index (χ0n) is 12.3. The summed E-state index contributed by atoms with van der Waals surface area (Å²) in [5, 5.41) is 4.37. The van der Waals surface area contributed by atoms with Crippen molar-refractivity contribution in [3.05, 3.63) is 41.0 Å². The molecule has 3 unspecified atom stereocenters. The highest BCUT2D eigenvalue weighted by Crippen LogP contribution is 2.31. The minimum Gasteiger partial charge on any atom is -0.349 e. The van der Waals surface area contributed by atoms with Crippen molar-refractivity contribution in [2.75, 3.05) is 0 Å². The molecule has 0 aliphatic heterocycles. The number of nitrogens with one attached hydrogen (secondary N) is 1. The van der Waals surface area contributed by atoms with Crippen molar-refractivity contribution in [3.63, 3.8) is 0 Å². The Balaban J connectivity index is 1.91. The number of amides is 1. The van der Waals surface area contributed by atoms with E-state index in [1.165, 1.54) is 6.42 Å². The van der Waals surface area contributed by atoms with Gasteiger partial charge >= 0.3 is 0 Å². The van der Waals surface area contributed by atoms with E-state index in [-0.39, 0.29) is 11.9 Å². The van der Waals surface area contributed by atoms with Crippen molar-refractivity contribution in [2.24, 2.45) is 11.8 Å². The van der Waals surface area contributed by atoms with Crippen molar-refractivity contribution in [3.8, 4) is 0 Å². The number of aromatic nitrogens is 1. The third-order valence-electron chi connectivity index (χ3n) is 4.71. The highest BCUT2D eigenvalue weighted by molar-refractivity contribution is 6.30. The van der Waals surface area contributed by atoms with Gasteiger partial charge in [0.15, 0.2) is 0 Å². The van der Waals surface area contributed by atoms with Crippen LogP contribution in [-0.2, 0) is 0 Å². The van der Waals surface area contributed by atoms with E-state index in [2.05, 4.69) is 24.1 Å². The van der Waals surface area contributed by atoms with Crippen LogP contribution in [0.5, 0.6) is 0 Å². The zero-order chi connectivity index (χ0) is 15.0. The highest BCUT2D eigenvalue weighted by Gasteiger charge is 2.31. The van der Waals surface area contributed by atoms with E-state index in [1.54, 1.807) is 6.07 Å². The lowest BCUT2D eigenvalue weighted by Crippen LogP contribution is -2.37. The molecule has 1 aromatic heterocycles. The van der Waals surface area contributed by atoms with Gasteiger partial charge in [-0.2, -0.15) is 0 Å². The predicted octanol–water partition coefficient (Wildman–Crippen LogP) is 4.05. The minimum atomic E-state index is -0.0542. The molecule has 1 fully saturated rings. The van der Waals surface area contributed by atoms with Crippen LogP contribution in [0.4, 0.5) is 0 Å². The lowest BCUT2D eigenvalue weighted by atomic mass is 9.97. The fourth-order valence-electron chi connectivity index (χ4n) is 3.15. The van der Waals surface area contributed by atoms with Gasteiger partial charge in [-0.25, -0.2) is 4.98 Å². The second-order valence-corrected chi connectivity index (χ2v) is 6.39. The Hall–Kier alpha value is -1.61. The summed E-state index contributed by atoms with van der Waals surface area (Å²) in [5.41, 5.74) is 1.36. The minimum absolute atomic E-state index is 0.0542. The Bertz CT molecular complexity index is 686. The Morgan fingerprint density at radius 3 is 2.76 bits per heavy atom. The van der Waals surface area contributed by atoms with Crippen LogP contribution in [0.25, 0.3) is 10.9 Å². The molecule has 0 bridgehead atoms. The second kappa shape index (κ2) is 5.64. The van der Waals surface area contributed by atoms with Gasteiger partial charge < -0.3 is 5.32 Å². The van der Waals surface area contributed by atoms with Crippen LogP contribution in [0.2, 0.25) is 5.15 Å². The molecule has 3 rings (SSSR count). The van der Waals surface area contributed by atoms with E-state index < -0.39 is 0 Å². The van der Waals surface area contributed by atoms with Gasteiger partial charge in [0.2, 0.25) is 0 Å². The van der Waals surface area contributed by atoms with Gasteiger partial charge in [0.25, 0.3) is 5.91 Å². The molecule has 1 aromatic carbocycles. The molecular formula is C17H19ClN2O. The number of benzene rings is 1. The molecule has 21 heavy (non-hydrogen) atoms. The first-order chi connectivity index (χ1) is 10.1. The number of hydrogen-bond acceptors (Lipinski definition) is 2. The Morgan fingerprint density at radius 1 is 1.29 bits per heavy atom. The fourth-order valence-corrected chi connectivity index (χ4v) is 3.35. The molecule has 1 saturated carbocycles. The average molecular weight is 303 g/mol. The summed E-state index contributed by atoms with van der Waals surface area (Å²) in [6, 6.07) is 9.50. The third kappa shape index (κ3) is 2.75. The van der Waals surface area contributed by atoms with Gasteiger partial charge in [0.05, 0.1) is 11.1 Å². The molecule has 3 nitrogen and oxygen atoms in total. The van der Waals surface area contributed by atoms with Crippen LogP contribution in [0.1, 0.15) is 37.0 Å². The summed E-state index contributed by atoms with van der Waals surface area (Å²) in [5.74, 6) is 1.12. The Kier molecular flexibility index (Phi) is 3.85. The molecule has 1 aliphatic rings. The first kappa shape index (κ1) is 14.3. The Morgan fingerprint density at radius 2 is 2.05 bits per heavy atom. The van der Waals surface area contributed by atoms with Gasteiger partial charge in [0.1, 0.15) is 5.15 Å². The largest absolute Gasteiger partial charge is 0.349 e. The average Bonchev–Trinajstić information content (AvgIpc) is 2.78. The lowest BCUT2D eigenvalue weighted by molar-refractivity contribution is 0.0929. The standard InChI is InChI=1S/C17H19ClN2O/c1-10-7-8-14(11(10)2)20-17(21)13-9-16(18)19-15-6-4-3-5-12(13)15/h3-6,9-11,14H,7-8H2,1-2H3,(H,20,21). The first-order valence-corrected chi connectivity index (χ1v) is 7.80. The molecule has 1 heterocycles. The van der Waals surface area contributed by atoms with Crippen LogP contribution in [-0.4, -0.2) is 16.9 Å². The van der Waals surface area contributed by atoms with E-state index in [4.69, 9.17) is 11.6 Å². The predicted molar refractivity (Wildman–Crippen MR) is 85.6 cm³/mol. The summed E-state index contributed by atoms with van der Waals surface area (Å²) >= 11 is 6.05. The van der Waals surface area contributed by atoms with Gasteiger partial charge in [0, 0.05) is 11.4 Å². The summed E-state index contributed by atoms with van der Waals surface area (Å²) in [6.07, 6.45) is 2.22. The number of rotatable bonds is 2. The highest BCUT2D eigenvalue weighted by atomic mass is 35.5. The maximum absolute atomic E-state index is 12.6. The molecule has 4 heteroatoms. The van der Waals surface area contributed by atoms with E-state index in [1.807, 2.05) is 24.3 Å². The Labute approximate surface area is 129 Å². The molecule has 0 spiro atoms. The molecule has 0 saturated heterocycles. The van der Waals surface area contributed by atoms with Crippen molar-refractivity contribution in [2.45, 2.75) is 32.7 Å². The zero-order valence-corrected chi connectivity index (χ0v) is 13.0. The number of pyridine rings is 1. The lowest BCUT2D eigenvalue weighted by Gasteiger charge is -2.20. The van der Waals surface area contributed by atoms with Crippen molar-refractivity contribution in [1.82, 2.24) is 10.3 Å². The molecule has 1 aliphatic carbocycles. The SMILES string of the molecule is CC1CCC(NC(=O)c2cc(Cl)nc3ccccc23)C1C. The number of carbonyl (C=O) groups excluding carboxylic acids is 1. The quantitative estimate of drug-likeness (QED) is 0.850. The summed E-state index contributed by atoms with van der Waals surface area (Å²) < 4.78 is 0. The van der Waals surface area contributed by atoms with Crippen LogP contribution in [0.15, 0.2) is 30.3 Å². The number of fused-ring (bicyclic) bond motifs is 1. The van der Waals surface area contributed by atoms with Gasteiger partial charge in [-0.3, -0.25) is 4.79 Å². The second-order valence-electron chi connectivity index (χ2n) is 6.00. The molecule has 110 valence electrons. The maximum atomic E-state index is 12.6. The van der Waals surface area contributed by atoms with E-state index in [0.717, 1.165) is 17.3 Å². The molecule has 2 aromatic rings. The van der Waals surface area contributed by atoms with Crippen LogP contribution >= 0.6 is 11.6 Å². The molecule has 1 amide bonds. The number of hydrogen-bond donors (Lipinski definition) is 1. The fraction of sp³-hybridized carbons (Fsp3) is 0.412. The topological polar surface area (TPSA) is 42.0 Å². The van der Waals surface area contributed by atoms with Crippen LogP contribution < -0.4 is 5.32 Å². The first-order valence-electron chi connectivity index (χ1n) is 7.42. The molecule has 0 radical (unpaired) electrons. The van der Waals surface area contributed by atoms with Gasteiger partial charge in [-0.15, -0.1) is 0 Å². The monoisotopic (exact) mass is 302 g/mol. The number of para-hydroxylation sites is 1. The van der Waals surface area contributed by atoms with Gasteiger partial charge in [-0.1, -0.05) is 43.6 Å². The summed E-state index contributed by atoms with van der Waals surface area (Å²) in [4.78, 5) is 16.9. The van der Waals surface area contributed by atoms with Crippen molar-refractivity contribution >= 4 is 28.4 Å². The summed E-state index contributed by atoms with van der Waals surface area (Å²) in [7, 11) is 0. The van der Waals surface area contributed by atoms with E-state index >= 15 is 0 Å². The van der Waals surface area contributed by atoms with Crippen molar-refractivity contribution < 1.29 is 4.79 Å². The molecular weight excluding hydrogens is 284 g/mol. The number of halogens is 1. The maximum Gasteiger partial charge on any atom is 0.252 e. The van der Waals surface area contributed by atoms with E-state index in [9.17, 15) is 4.79 Å². The van der Waals surface area contributed by atoms with Crippen LogP contribution in [0.3, 0.4) is 0 Å². The van der Waals surface area contributed by atoms with E-state index in [0.29, 0.717) is 22.6 Å². The van der Waals surface area contributed by atoms with Crippen LogP contribution in [0, 0.1) is 11.8 Å². The van der Waals surface area contributed by atoms with Gasteiger partial charge in [-0.05, 0) is 36.8 Å². The normalized spacial score (nSPS) is 25.2. The smallest absolute Gasteiger partial charge is 0.252 e. The molecule has 3 atom stereocenters. The van der Waals surface area contributed by atoms with Crippen molar-refractivity contribution in [1.29, 1.82) is 0 Å². The summed E-state index contributed by atoms with van der Waals surface area (Å²) in [6.45, 7) is 4.45. The number of carbonyl (C=O) groups is 1. The molecule has 1 N–H and O–H groups in total. The third-order valence-corrected chi connectivity index (χ3v) is 4.90. The number of nitrogens with zero attached hydrogens (tertiary/aromatic N) is 1.